The van der Waals surface area contributed by atoms with Gasteiger partial charge in [-0.15, -0.1) is 0 Å². The van der Waals surface area contributed by atoms with Gasteiger partial charge < -0.3 is 15.0 Å². The minimum absolute atomic E-state index is 0.127. The summed E-state index contributed by atoms with van der Waals surface area (Å²) in [6.45, 7) is 0. The fraction of sp³-hybridized carbons (Fsp3) is 0.125. The summed E-state index contributed by atoms with van der Waals surface area (Å²) >= 11 is 13.0. The quantitative estimate of drug-likeness (QED) is 0.490. The number of carbonyl (C=O) groups excluding carboxylic acids is 2. The first-order chi connectivity index (χ1) is 12.5. The second kappa shape index (κ2) is 7.94. The van der Waals surface area contributed by atoms with Gasteiger partial charge in [-0.1, -0.05) is 35.0 Å². The number of aromatic nitrogens is 3. The van der Waals surface area contributed by atoms with E-state index in [9.17, 15) is 9.59 Å². The lowest BCUT2D eigenvalue weighted by molar-refractivity contribution is -0.113. The van der Waals surface area contributed by atoms with Crippen LogP contribution < -0.4 is 5.32 Å². The number of anilines is 1. The Hall–Kier alpha value is -2.29. The van der Waals surface area contributed by atoms with Crippen molar-refractivity contribution in [3.8, 4) is 0 Å². The number of imidazole rings is 1. The van der Waals surface area contributed by atoms with Gasteiger partial charge in [0.05, 0.1) is 39.5 Å². The van der Waals surface area contributed by atoms with Crippen LogP contribution in [-0.4, -0.2) is 39.7 Å². The molecule has 0 aliphatic carbocycles. The van der Waals surface area contributed by atoms with Gasteiger partial charge in [-0.25, -0.2) is 14.8 Å². The molecule has 10 heteroatoms. The number of nitrogens with zero attached hydrogens (tertiary/aromatic N) is 2. The molecule has 0 saturated heterocycles. The van der Waals surface area contributed by atoms with E-state index in [1.54, 1.807) is 24.3 Å². The van der Waals surface area contributed by atoms with Crippen LogP contribution in [0.15, 0.2) is 35.6 Å². The molecule has 0 atom stereocenters. The second-order valence-corrected chi connectivity index (χ2v) is 6.89. The zero-order chi connectivity index (χ0) is 18.7. The standard InChI is InChI=1S/C16H12Cl2N4O3S/c1-25-15(24)9-4-11-12(5-10(9)18)21-16(20-11)26-7-14(23)22-13-3-2-8(17)6-19-13/h2-6H,7H2,1H3,(H,20,21)(H,19,22,23). The van der Waals surface area contributed by atoms with Crippen LogP contribution in [0, 0.1) is 0 Å². The number of aromatic amines is 1. The van der Waals surface area contributed by atoms with Gasteiger partial charge in [0.15, 0.2) is 5.16 Å². The maximum absolute atomic E-state index is 12.0. The lowest BCUT2D eigenvalue weighted by Gasteiger charge is -2.02. The van der Waals surface area contributed by atoms with Crippen LogP contribution in [0.5, 0.6) is 0 Å². The number of thioether (sulfide) groups is 1. The Kier molecular flexibility index (Phi) is 5.65. The maximum atomic E-state index is 12.0. The van der Waals surface area contributed by atoms with Crippen LogP contribution in [0.1, 0.15) is 10.4 Å². The molecular weight excluding hydrogens is 399 g/mol. The molecule has 2 aromatic heterocycles. The fourth-order valence-corrected chi connectivity index (χ4v) is 3.14. The van der Waals surface area contributed by atoms with E-state index < -0.39 is 5.97 Å². The Bertz CT molecular complexity index is 976. The largest absolute Gasteiger partial charge is 0.465 e. The molecule has 0 unspecified atom stereocenters. The maximum Gasteiger partial charge on any atom is 0.339 e. The Balaban J connectivity index is 1.68. The highest BCUT2D eigenvalue weighted by Crippen LogP contribution is 2.26. The van der Waals surface area contributed by atoms with Gasteiger partial charge in [0.25, 0.3) is 0 Å². The lowest BCUT2D eigenvalue weighted by atomic mass is 10.2. The first kappa shape index (κ1) is 18.5. The van der Waals surface area contributed by atoms with Gasteiger partial charge in [-0.3, -0.25) is 4.79 Å². The van der Waals surface area contributed by atoms with Crippen molar-refractivity contribution in [2.45, 2.75) is 5.16 Å². The van der Waals surface area contributed by atoms with Crippen molar-refractivity contribution in [3.05, 3.63) is 46.1 Å². The van der Waals surface area contributed by atoms with E-state index in [1.165, 1.54) is 25.1 Å². The summed E-state index contributed by atoms with van der Waals surface area (Å²) in [5.74, 6) is -0.233. The molecule has 1 aromatic carbocycles. The van der Waals surface area contributed by atoms with Gasteiger partial charge in [0.2, 0.25) is 5.91 Å². The minimum Gasteiger partial charge on any atom is -0.465 e. The van der Waals surface area contributed by atoms with Crippen molar-refractivity contribution < 1.29 is 14.3 Å². The number of amides is 1. The minimum atomic E-state index is -0.538. The molecule has 7 nitrogen and oxygen atoms in total. The molecule has 26 heavy (non-hydrogen) atoms. The molecule has 0 saturated carbocycles. The molecule has 0 bridgehead atoms. The van der Waals surface area contributed by atoms with E-state index in [-0.39, 0.29) is 22.2 Å². The summed E-state index contributed by atoms with van der Waals surface area (Å²) in [4.78, 5) is 35.1. The second-order valence-electron chi connectivity index (χ2n) is 5.08. The molecule has 3 aromatic rings. The van der Waals surface area contributed by atoms with Crippen molar-refractivity contribution in [2.24, 2.45) is 0 Å². The number of pyridine rings is 1. The number of nitrogens with one attached hydrogen (secondary N) is 2. The average Bonchev–Trinajstić information content (AvgIpc) is 3.02. The molecule has 1 amide bonds. The summed E-state index contributed by atoms with van der Waals surface area (Å²) in [6, 6.07) is 6.39. The normalized spacial score (nSPS) is 10.7. The number of halogens is 2. The number of methoxy groups -OCH3 is 1. The van der Waals surface area contributed by atoms with E-state index in [0.29, 0.717) is 27.0 Å². The third kappa shape index (κ3) is 4.27. The van der Waals surface area contributed by atoms with Crippen molar-refractivity contribution in [1.82, 2.24) is 15.0 Å². The van der Waals surface area contributed by atoms with Gasteiger partial charge in [-0.05, 0) is 24.3 Å². The van der Waals surface area contributed by atoms with E-state index >= 15 is 0 Å². The topological polar surface area (TPSA) is 97.0 Å². The number of carbonyl (C=O) groups is 2. The molecule has 2 N–H and O–H groups in total. The van der Waals surface area contributed by atoms with Gasteiger partial charge in [-0.2, -0.15) is 0 Å². The molecule has 0 radical (unpaired) electrons. The first-order valence-corrected chi connectivity index (χ1v) is 9.02. The van der Waals surface area contributed by atoms with Crippen LogP contribution in [0.2, 0.25) is 10.0 Å². The lowest BCUT2D eigenvalue weighted by Crippen LogP contribution is -2.14. The summed E-state index contributed by atoms with van der Waals surface area (Å²) < 4.78 is 4.68. The third-order valence-corrected chi connectivity index (χ3v) is 4.70. The van der Waals surface area contributed by atoms with Crippen LogP contribution in [0.4, 0.5) is 5.82 Å². The summed E-state index contributed by atoms with van der Waals surface area (Å²) in [5.41, 5.74) is 1.44. The number of hydrogen-bond acceptors (Lipinski definition) is 6. The summed E-state index contributed by atoms with van der Waals surface area (Å²) in [5, 5.41) is 3.94. The zero-order valence-corrected chi connectivity index (χ0v) is 15.7. The molecule has 0 fully saturated rings. The monoisotopic (exact) mass is 410 g/mol. The first-order valence-electron chi connectivity index (χ1n) is 7.28. The van der Waals surface area contributed by atoms with E-state index in [4.69, 9.17) is 23.2 Å². The molecule has 3 rings (SSSR count). The average molecular weight is 411 g/mol. The number of rotatable bonds is 5. The van der Waals surface area contributed by atoms with Crippen LogP contribution in [-0.2, 0) is 9.53 Å². The van der Waals surface area contributed by atoms with Gasteiger partial charge in [0.1, 0.15) is 5.82 Å². The highest BCUT2D eigenvalue weighted by Gasteiger charge is 2.15. The van der Waals surface area contributed by atoms with E-state index in [1.807, 2.05) is 0 Å². The Labute approximate surface area is 162 Å². The number of ether oxygens (including phenoxy) is 1. The zero-order valence-electron chi connectivity index (χ0n) is 13.4. The molecule has 2 heterocycles. The van der Waals surface area contributed by atoms with Crippen molar-refractivity contribution in [2.75, 3.05) is 18.2 Å². The molecule has 0 aliphatic rings. The summed E-state index contributed by atoms with van der Waals surface area (Å²) in [6.07, 6.45) is 1.45. The van der Waals surface area contributed by atoms with Crippen LogP contribution >= 0.6 is 35.0 Å². The van der Waals surface area contributed by atoms with Gasteiger partial charge in [0, 0.05) is 6.20 Å². The number of fused-ring (bicyclic) bond motifs is 1. The number of hydrogen-bond donors (Lipinski definition) is 2. The van der Waals surface area contributed by atoms with Crippen molar-refractivity contribution in [1.29, 1.82) is 0 Å². The smallest absolute Gasteiger partial charge is 0.339 e. The number of esters is 1. The predicted octanol–water partition coefficient (Wildman–Crippen LogP) is 3.78. The SMILES string of the molecule is COC(=O)c1cc2nc(SCC(=O)Nc3ccc(Cl)cn3)[nH]c2cc1Cl. The van der Waals surface area contributed by atoms with Crippen molar-refractivity contribution >= 4 is 63.7 Å². The van der Waals surface area contributed by atoms with Gasteiger partial charge >= 0.3 is 5.97 Å². The van der Waals surface area contributed by atoms with E-state index in [2.05, 4.69) is 25.0 Å². The number of benzene rings is 1. The third-order valence-electron chi connectivity index (χ3n) is 3.29. The molecule has 0 aliphatic heterocycles. The predicted molar refractivity (Wildman–Crippen MR) is 101 cm³/mol. The molecule has 134 valence electrons. The Morgan fingerprint density at radius 2 is 2.12 bits per heavy atom. The highest BCUT2D eigenvalue weighted by atomic mass is 35.5. The van der Waals surface area contributed by atoms with Crippen LogP contribution in [0.3, 0.4) is 0 Å². The van der Waals surface area contributed by atoms with Crippen molar-refractivity contribution in [3.63, 3.8) is 0 Å². The van der Waals surface area contributed by atoms with Crippen LogP contribution in [0.25, 0.3) is 11.0 Å². The molecule has 0 spiro atoms. The van der Waals surface area contributed by atoms with E-state index in [0.717, 1.165) is 0 Å². The number of H-pyrrole nitrogens is 1. The Morgan fingerprint density at radius 1 is 1.31 bits per heavy atom. The Morgan fingerprint density at radius 3 is 2.81 bits per heavy atom. The summed E-state index contributed by atoms with van der Waals surface area (Å²) in [7, 11) is 1.28. The highest BCUT2D eigenvalue weighted by molar-refractivity contribution is 7.99. The fourth-order valence-electron chi connectivity index (χ4n) is 2.10. The molecular formula is C16H12Cl2N4O3S.